The number of aryl methyl sites for hydroxylation is 1. The largest absolute Gasteiger partial charge is 0.437 e. The fourth-order valence-corrected chi connectivity index (χ4v) is 4.48. The zero-order chi connectivity index (χ0) is 22.4. The topological polar surface area (TPSA) is 78.0 Å². The highest BCUT2D eigenvalue weighted by atomic mass is 32.1. The molecule has 0 unspecified atom stereocenters. The summed E-state index contributed by atoms with van der Waals surface area (Å²) in [5.74, 6) is -1.91. The van der Waals surface area contributed by atoms with Crippen molar-refractivity contribution in [3.63, 3.8) is 0 Å². The normalized spacial score (nSPS) is 13.5. The molecule has 3 heterocycles. The summed E-state index contributed by atoms with van der Waals surface area (Å²) in [7, 11) is 1.50. The van der Waals surface area contributed by atoms with E-state index >= 15 is 0 Å². The van der Waals surface area contributed by atoms with Gasteiger partial charge in [-0.3, -0.25) is 9.78 Å². The monoisotopic (exact) mass is 453 g/mol. The summed E-state index contributed by atoms with van der Waals surface area (Å²) >= 11 is 1.24. The molecule has 9 heteroatoms. The lowest BCUT2D eigenvalue weighted by Crippen LogP contribution is -2.09. The van der Waals surface area contributed by atoms with Crippen molar-refractivity contribution >= 4 is 17.1 Å². The number of nitrogens with zero attached hydrogens (tertiary/aromatic N) is 3. The van der Waals surface area contributed by atoms with Crippen molar-refractivity contribution in [2.45, 2.75) is 25.2 Å². The number of benzene rings is 1. The van der Waals surface area contributed by atoms with Gasteiger partial charge in [-0.1, -0.05) is 6.07 Å². The third kappa shape index (κ3) is 3.80. The molecule has 1 aromatic carbocycles. The van der Waals surface area contributed by atoms with Crippen molar-refractivity contribution in [2.24, 2.45) is 7.05 Å². The van der Waals surface area contributed by atoms with Crippen molar-refractivity contribution in [2.75, 3.05) is 0 Å². The Balaban J connectivity index is 1.49. The van der Waals surface area contributed by atoms with Gasteiger partial charge in [0.2, 0.25) is 0 Å². The Kier molecular flexibility index (Phi) is 5.05. The molecular weight excluding hydrogens is 436 g/mol. The van der Waals surface area contributed by atoms with Crippen LogP contribution in [-0.4, -0.2) is 20.5 Å². The zero-order valence-electron chi connectivity index (χ0n) is 17.0. The zero-order valence-corrected chi connectivity index (χ0v) is 17.8. The first-order valence-electron chi connectivity index (χ1n) is 10.0. The molecule has 0 aliphatic heterocycles. The van der Waals surface area contributed by atoms with Crippen LogP contribution in [0.1, 0.15) is 39.7 Å². The maximum atomic E-state index is 13.9. The number of hydrogen-bond acceptors (Lipinski definition) is 6. The molecule has 0 atom stereocenters. The van der Waals surface area contributed by atoms with Gasteiger partial charge in [-0.15, -0.1) is 16.4 Å². The first-order valence-corrected chi connectivity index (χ1v) is 10.8. The van der Waals surface area contributed by atoms with Gasteiger partial charge in [-0.2, -0.15) is 4.68 Å². The molecule has 3 aromatic heterocycles. The third-order valence-corrected chi connectivity index (χ3v) is 6.52. The second-order valence-corrected chi connectivity index (χ2v) is 8.78. The van der Waals surface area contributed by atoms with Crippen LogP contribution in [-0.2, 0) is 13.5 Å². The van der Waals surface area contributed by atoms with Gasteiger partial charge in [0.25, 0.3) is 5.89 Å². The first kappa shape index (κ1) is 20.4. The molecule has 5 rings (SSSR count). The number of Topliss-reactive ketones (excluding diaryl/α,β-unsaturated/α-hetero) is 1. The minimum atomic E-state index is -0.736. The lowest BCUT2D eigenvalue weighted by molar-refractivity contribution is 0.0994. The maximum Gasteiger partial charge on any atom is 0.437 e. The molecule has 0 saturated heterocycles. The van der Waals surface area contributed by atoms with Crippen molar-refractivity contribution in [1.82, 2.24) is 14.8 Å². The quantitative estimate of drug-likeness (QED) is 0.394. The van der Waals surface area contributed by atoms with Crippen LogP contribution in [0.3, 0.4) is 0 Å². The van der Waals surface area contributed by atoms with Gasteiger partial charge in [0, 0.05) is 41.6 Å². The first-order chi connectivity index (χ1) is 15.4. The number of pyridine rings is 1. The van der Waals surface area contributed by atoms with E-state index in [0.29, 0.717) is 16.4 Å². The van der Waals surface area contributed by atoms with Crippen LogP contribution in [0.4, 0.5) is 8.78 Å². The second-order valence-electron chi connectivity index (χ2n) is 7.69. The molecule has 0 bridgehead atoms. The number of thiophene rings is 1. The van der Waals surface area contributed by atoms with Crippen molar-refractivity contribution in [3.05, 3.63) is 80.9 Å². The van der Waals surface area contributed by atoms with Crippen LogP contribution in [0.15, 0.2) is 51.8 Å². The SMILES string of the molecule is Cn1nc(-c2cnc(C3CC3)c(-c3ccc(C(=O)Cc4c(F)cccc4F)s3)c2)oc1=O. The molecule has 32 heavy (non-hydrogen) atoms. The van der Waals surface area contributed by atoms with E-state index in [4.69, 9.17) is 4.42 Å². The highest BCUT2D eigenvalue weighted by Gasteiger charge is 2.29. The van der Waals surface area contributed by atoms with Crippen molar-refractivity contribution in [3.8, 4) is 21.9 Å². The summed E-state index contributed by atoms with van der Waals surface area (Å²) in [6.45, 7) is 0. The highest BCUT2D eigenvalue weighted by Crippen LogP contribution is 2.45. The molecule has 1 saturated carbocycles. The fourth-order valence-electron chi connectivity index (χ4n) is 3.52. The number of rotatable bonds is 6. The van der Waals surface area contributed by atoms with E-state index in [1.807, 2.05) is 6.07 Å². The van der Waals surface area contributed by atoms with E-state index in [1.165, 1.54) is 24.5 Å². The molecule has 0 amide bonds. The van der Waals surface area contributed by atoms with Gasteiger partial charge in [-0.25, -0.2) is 13.6 Å². The Bertz CT molecular complexity index is 1380. The number of carbonyl (C=O) groups excluding carboxylic acids is 1. The number of hydrogen-bond donors (Lipinski definition) is 0. The molecule has 1 aliphatic rings. The van der Waals surface area contributed by atoms with Crippen LogP contribution in [0.5, 0.6) is 0 Å². The summed E-state index contributed by atoms with van der Waals surface area (Å²) < 4.78 is 34.2. The number of halogens is 2. The van der Waals surface area contributed by atoms with Crippen LogP contribution >= 0.6 is 11.3 Å². The number of carbonyl (C=O) groups is 1. The van der Waals surface area contributed by atoms with Gasteiger partial charge in [0.15, 0.2) is 5.78 Å². The average molecular weight is 453 g/mol. The van der Waals surface area contributed by atoms with Gasteiger partial charge < -0.3 is 4.42 Å². The molecule has 0 radical (unpaired) electrons. The Morgan fingerprint density at radius 2 is 1.97 bits per heavy atom. The summed E-state index contributed by atoms with van der Waals surface area (Å²) in [6, 6.07) is 8.86. The predicted molar refractivity (Wildman–Crippen MR) is 115 cm³/mol. The van der Waals surface area contributed by atoms with Crippen LogP contribution < -0.4 is 5.76 Å². The summed E-state index contributed by atoms with van der Waals surface area (Å²) in [5.41, 5.74) is 2.06. The average Bonchev–Trinajstić information content (AvgIpc) is 3.40. The molecule has 6 nitrogen and oxygen atoms in total. The second kappa shape index (κ2) is 7.90. The molecular formula is C23H17F2N3O3S. The lowest BCUT2D eigenvalue weighted by Gasteiger charge is -2.07. The predicted octanol–water partition coefficient (Wildman–Crippen LogP) is 4.74. The third-order valence-electron chi connectivity index (χ3n) is 5.36. The fraction of sp³-hybridized carbons (Fsp3) is 0.217. The molecule has 1 fully saturated rings. The Morgan fingerprint density at radius 3 is 2.62 bits per heavy atom. The van der Waals surface area contributed by atoms with Gasteiger partial charge in [-0.05, 0) is 43.2 Å². The van der Waals surface area contributed by atoms with Crippen LogP contribution in [0, 0.1) is 11.6 Å². The van der Waals surface area contributed by atoms with E-state index in [0.717, 1.165) is 45.8 Å². The highest BCUT2D eigenvalue weighted by molar-refractivity contribution is 7.17. The lowest BCUT2D eigenvalue weighted by atomic mass is 10.1. The molecule has 0 spiro atoms. The Morgan fingerprint density at radius 1 is 1.22 bits per heavy atom. The number of aromatic nitrogens is 3. The molecule has 4 aromatic rings. The van der Waals surface area contributed by atoms with E-state index < -0.39 is 17.4 Å². The van der Waals surface area contributed by atoms with Crippen molar-refractivity contribution < 1.29 is 18.0 Å². The molecule has 1 aliphatic carbocycles. The summed E-state index contributed by atoms with van der Waals surface area (Å²) in [6.07, 6.45) is 3.33. The van der Waals surface area contributed by atoms with Gasteiger partial charge >= 0.3 is 5.76 Å². The minimum Gasteiger partial charge on any atom is -0.388 e. The smallest absolute Gasteiger partial charge is 0.388 e. The van der Waals surface area contributed by atoms with Crippen LogP contribution in [0.2, 0.25) is 0 Å². The molecule has 162 valence electrons. The van der Waals surface area contributed by atoms with Crippen molar-refractivity contribution in [1.29, 1.82) is 0 Å². The van der Waals surface area contributed by atoms with Gasteiger partial charge in [0.1, 0.15) is 11.6 Å². The summed E-state index contributed by atoms with van der Waals surface area (Å²) in [4.78, 5) is 30.2. The standard InChI is InChI=1S/C23H17F2N3O3S/c1-28-23(30)31-22(27-28)13-9-15(21(26-11-13)12-5-6-12)19-7-8-20(32-19)18(29)10-14-16(24)3-2-4-17(14)25/h2-4,7-9,11-12H,5-6,10H2,1H3. The minimum absolute atomic E-state index is 0.163. The van der Waals surface area contributed by atoms with Gasteiger partial charge in [0.05, 0.1) is 16.1 Å². The summed E-state index contributed by atoms with van der Waals surface area (Å²) in [5, 5.41) is 4.08. The number of ketones is 1. The Labute approximate surface area is 185 Å². The van der Waals surface area contributed by atoms with E-state index in [-0.39, 0.29) is 23.7 Å². The molecule has 0 N–H and O–H groups in total. The van der Waals surface area contributed by atoms with E-state index in [9.17, 15) is 18.4 Å². The maximum absolute atomic E-state index is 13.9. The van der Waals surface area contributed by atoms with E-state index in [1.54, 1.807) is 18.3 Å². The Hall–Kier alpha value is -3.46. The van der Waals surface area contributed by atoms with E-state index in [2.05, 4.69) is 10.1 Å². The van der Waals surface area contributed by atoms with Crippen LogP contribution in [0.25, 0.3) is 21.9 Å².